The van der Waals surface area contributed by atoms with Crippen molar-refractivity contribution < 1.29 is 13.2 Å². The first kappa shape index (κ1) is 20.2. The van der Waals surface area contributed by atoms with Crippen LogP contribution in [0.25, 0.3) is 0 Å². The van der Waals surface area contributed by atoms with E-state index in [9.17, 15) is 13.2 Å². The second-order valence-corrected chi connectivity index (χ2v) is 9.53. The Bertz CT molecular complexity index is 706. The van der Waals surface area contributed by atoms with E-state index < -0.39 is 10.0 Å². The van der Waals surface area contributed by atoms with Crippen molar-refractivity contribution in [3.8, 4) is 0 Å². The van der Waals surface area contributed by atoms with Crippen molar-refractivity contribution in [2.24, 2.45) is 11.8 Å². The summed E-state index contributed by atoms with van der Waals surface area (Å²) >= 11 is 5.94. The molecule has 1 aliphatic rings. The van der Waals surface area contributed by atoms with Crippen LogP contribution in [0.4, 0.5) is 0 Å². The number of halogens is 1. The monoisotopic (exact) mass is 386 g/mol. The second kappa shape index (κ2) is 8.52. The molecule has 1 N–H and O–H groups in total. The van der Waals surface area contributed by atoms with Crippen LogP contribution in [-0.4, -0.2) is 37.8 Å². The standard InChI is InChI=1S/C18H27ClN2O3S/c1-13(2)14(3)20-18(22)16-7-5-9-21(11-16)25(23,24)12-15-6-4-8-17(19)10-15/h4,6,8,10,13-14,16H,5,7,9,11-12H2,1-3H3,(H,20,22)/t14-,16-/m1/s1. The molecule has 25 heavy (non-hydrogen) atoms. The molecular formula is C18H27ClN2O3S. The molecule has 1 aliphatic heterocycles. The number of hydrogen-bond acceptors (Lipinski definition) is 3. The third-order valence-electron chi connectivity index (χ3n) is 4.76. The van der Waals surface area contributed by atoms with E-state index in [0.29, 0.717) is 29.5 Å². The molecule has 0 spiro atoms. The molecule has 1 saturated heterocycles. The molecule has 0 saturated carbocycles. The van der Waals surface area contributed by atoms with Crippen molar-refractivity contribution in [1.29, 1.82) is 0 Å². The van der Waals surface area contributed by atoms with Gasteiger partial charge in [0.1, 0.15) is 0 Å². The Hall–Kier alpha value is -1.11. The molecule has 2 rings (SSSR count). The fraction of sp³-hybridized carbons (Fsp3) is 0.611. The molecule has 0 unspecified atom stereocenters. The highest BCUT2D eigenvalue weighted by molar-refractivity contribution is 7.88. The van der Waals surface area contributed by atoms with E-state index in [1.807, 2.05) is 20.8 Å². The second-order valence-electron chi connectivity index (χ2n) is 7.12. The summed E-state index contributed by atoms with van der Waals surface area (Å²) in [5, 5.41) is 3.52. The number of carbonyl (C=O) groups is 1. The van der Waals surface area contributed by atoms with Gasteiger partial charge >= 0.3 is 0 Å². The average molecular weight is 387 g/mol. The average Bonchev–Trinajstić information content (AvgIpc) is 2.54. The molecule has 1 heterocycles. The van der Waals surface area contributed by atoms with Crippen molar-refractivity contribution in [2.75, 3.05) is 13.1 Å². The lowest BCUT2D eigenvalue weighted by molar-refractivity contribution is -0.127. The third-order valence-corrected chi connectivity index (χ3v) is 6.81. The molecule has 1 aromatic carbocycles. The Morgan fingerprint density at radius 2 is 2.08 bits per heavy atom. The largest absolute Gasteiger partial charge is 0.353 e. The van der Waals surface area contributed by atoms with Gasteiger partial charge in [0.2, 0.25) is 15.9 Å². The molecule has 5 nitrogen and oxygen atoms in total. The van der Waals surface area contributed by atoms with E-state index in [4.69, 9.17) is 11.6 Å². The lowest BCUT2D eigenvalue weighted by Crippen LogP contribution is -2.48. The minimum absolute atomic E-state index is 0.0520. The Morgan fingerprint density at radius 3 is 2.72 bits per heavy atom. The quantitative estimate of drug-likeness (QED) is 0.817. The first-order valence-corrected chi connectivity index (χ1v) is 10.7. The molecule has 1 fully saturated rings. The number of nitrogens with one attached hydrogen (secondary N) is 1. The summed E-state index contributed by atoms with van der Waals surface area (Å²) in [7, 11) is -3.47. The third kappa shape index (κ3) is 5.69. The molecule has 0 bridgehead atoms. The summed E-state index contributed by atoms with van der Waals surface area (Å²) < 4.78 is 26.9. The van der Waals surface area contributed by atoms with Crippen molar-refractivity contribution in [1.82, 2.24) is 9.62 Å². The number of rotatable bonds is 6. The van der Waals surface area contributed by atoms with Gasteiger partial charge in [-0.1, -0.05) is 37.6 Å². The van der Waals surface area contributed by atoms with Crippen LogP contribution >= 0.6 is 11.6 Å². The fourth-order valence-corrected chi connectivity index (χ4v) is 4.66. The predicted octanol–water partition coefficient (Wildman–Crippen LogP) is 3.04. The van der Waals surface area contributed by atoms with Crippen molar-refractivity contribution in [3.63, 3.8) is 0 Å². The van der Waals surface area contributed by atoms with E-state index >= 15 is 0 Å². The van der Waals surface area contributed by atoms with Crippen LogP contribution in [0.3, 0.4) is 0 Å². The molecule has 0 radical (unpaired) electrons. The molecule has 7 heteroatoms. The van der Waals surface area contributed by atoms with Crippen molar-refractivity contribution >= 4 is 27.5 Å². The summed E-state index contributed by atoms with van der Waals surface area (Å²) in [4.78, 5) is 12.4. The van der Waals surface area contributed by atoms with Gasteiger partial charge in [0.25, 0.3) is 0 Å². The number of benzene rings is 1. The zero-order chi connectivity index (χ0) is 18.6. The van der Waals surface area contributed by atoms with E-state index in [-0.39, 0.29) is 30.2 Å². The van der Waals surface area contributed by atoms with Crippen molar-refractivity contribution in [3.05, 3.63) is 34.9 Å². The van der Waals surface area contributed by atoms with Gasteiger partial charge in [0.15, 0.2) is 0 Å². The first-order chi connectivity index (χ1) is 11.7. The van der Waals surface area contributed by atoms with Gasteiger partial charge in [-0.2, -0.15) is 0 Å². The van der Waals surface area contributed by atoms with Gasteiger partial charge < -0.3 is 5.32 Å². The van der Waals surface area contributed by atoms with Gasteiger partial charge in [-0.15, -0.1) is 0 Å². The highest BCUT2D eigenvalue weighted by Gasteiger charge is 2.32. The van der Waals surface area contributed by atoms with Gasteiger partial charge in [-0.3, -0.25) is 4.79 Å². The maximum atomic E-state index is 12.7. The minimum Gasteiger partial charge on any atom is -0.353 e. The zero-order valence-electron chi connectivity index (χ0n) is 15.0. The number of amides is 1. The van der Waals surface area contributed by atoms with E-state index in [2.05, 4.69) is 5.32 Å². The number of sulfonamides is 1. The van der Waals surface area contributed by atoms with Crippen LogP contribution in [-0.2, 0) is 20.6 Å². The number of nitrogens with zero attached hydrogens (tertiary/aromatic N) is 1. The van der Waals surface area contributed by atoms with Gasteiger partial charge in [0, 0.05) is 24.2 Å². The normalized spacial score (nSPS) is 20.4. The van der Waals surface area contributed by atoms with Gasteiger partial charge in [0.05, 0.1) is 11.7 Å². The first-order valence-electron chi connectivity index (χ1n) is 8.71. The Labute approximate surface area is 155 Å². The molecule has 0 aliphatic carbocycles. The SMILES string of the molecule is CC(C)[C@@H](C)NC(=O)[C@@H]1CCCN(S(=O)(=O)Cc2cccc(Cl)c2)C1. The number of hydrogen-bond donors (Lipinski definition) is 1. The number of piperidine rings is 1. The highest BCUT2D eigenvalue weighted by Crippen LogP contribution is 2.23. The summed E-state index contributed by atoms with van der Waals surface area (Å²) in [5.41, 5.74) is 0.660. The maximum Gasteiger partial charge on any atom is 0.224 e. The van der Waals surface area contributed by atoms with E-state index in [0.717, 1.165) is 6.42 Å². The topological polar surface area (TPSA) is 66.5 Å². The summed E-state index contributed by atoms with van der Waals surface area (Å²) in [6.07, 6.45) is 1.42. The molecular weight excluding hydrogens is 360 g/mol. The lowest BCUT2D eigenvalue weighted by Gasteiger charge is -2.32. The zero-order valence-corrected chi connectivity index (χ0v) is 16.6. The van der Waals surface area contributed by atoms with Crippen LogP contribution < -0.4 is 5.32 Å². The van der Waals surface area contributed by atoms with E-state index in [1.165, 1.54) is 4.31 Å². The smallest absolute Gasteiger partial charge is 0.224 e. The summed E-state index contributed by atoms with van der Waals surface area (Å²) in [6.45, 7) is 6.78. The molecule has 140 valence electrons. The van der Waals surface area contributed by atoms with E-state index in [1.54, 1.807) is 24.3 Å². The summed E-state index contributed by atoms with van der Waals surface area (Å²) in [5.74, 6) is -0.0900. The predicted molar refractivity (Wildman–Crippen MR) is 101 cm³/mol. The highest BCUT2D eigenvalue weighted by atomic mass is 35.5. The lowest BCUT2D eigenvalue weighted by atomic mass is 9.97. The number of carbonyl (C=O) groups excluding carboxylic acids is 1. The van der Waals surface area contributed by atoms with Crippen LogP contribution in [0.15, 0.2) is 24.3 Å². The van der Waals surface area contributed by atoms with Gasteiger partial charge in [-0.05, 0) is 43.4 Å². The van der Waals surface area contributed by atoms with Crippen LogP contribution in [0, 0.1) is 11.8 Å². The van der Waals surface area contributed by atoms with Crippen molar-refractivity contribution in [2.45, 2.75) is 45.4 Å². The molecule has 1 aromatic rings. The molecule has 2 atom stereocenters. The van der Waals surface area contributed by atoms with Crippen LogP contribution in [0.1, 0.15) is 39.2 Å². The maximum absolute atomic E-state index is 12.7. The summed E-state index contributed by atoms with van der Waals surface area (Å²) in [6, 6.07) is 6.95. The Kier molecular flexibility index (Phi) is 6.88. The van der Waals surface area contributed by atoms with Crippen LogP contribution in [0.5, 0.6) is 0 Å². The van der Waals surface area contributed by atoms with Gasteiger partial charge in [-0.25, -0.2) is 12.7 Å². The Balaban J connectivity index is 2.03. The van der Waals surface area contributed by atoms with Crippen LogP contribution in [0.2, 0.25) is 5.02 Å². The molecule has 0 aromatic heterocycles. The Morgan fingerprint density at radius 1 is 1.36 bits per heavy atom. The fourth-order valence-electron chi connectivity index (χ4n) is 2.85. The molecule has 1 amide bonds. The minimum atomic E-state index is -3.47.